The van der Waals surface area contributed by atoms with Gasteiger partial charge in [0, 0.05) is 0 Å². The number of nitrogens with one attached hydrogen (secondary N) is 1. The van der Waals surface area contributed by atoms with E-state index in [9.17, 15) is 26.7 Å². The second kappa shape index (κ2) is 7.42. The van der Waals surface area contributed by atoms with Crippen LogP contribution in [0.5, 0.6) is 0 Å². The Morgan fingerprint density at radius 2 is 1.74 bits per heavy atom. The van der Waals surface area contributed by atoms with E-state index in [4.69, 9.17) is 0 Å². The highest BCUT2D eigenvalue weighted by atomic mass is 19.4. The fourth-order valence-electron chi connectivity index (χ4n) is 3.01. The smallest absolute Gasteiger partial charge is 0.305 e. The van der Waals surface area contributed by atoms with E-state index < -0.39 is 35.1 Å². The lowest BCUT2D eigenvalue weighted by atomic mass is 10.2. The molecule has 4 aromatic rings. The van der Waals surface area contributed by atoms with Crippen LogP contribution in [-0.2, 0) is 6.18 Å². The third-order valence-corrected chi connectivity index (χ3v) is 4.36. The Morgan fingerprint density at radius 3 is 2.35 bits per heavy atom. The average Bonchev–Trinajstić information content (AvgIpc) is 3.07. The van der Waals surface area contributed by atoms with Crippen LogP contribution in [0.4, 0.5) is 27.8 Å². The molecule has 158 valence electrons. The summed E-state index contributed by atoms with van der Waals surface area (Å²) in [6.45, 7) is 1.72. The maximum absolute atomic E-state index is 13.7. The molecular formula is C20H12F5N5O. The minimum absolute atomic E-state index is 0.126. The van der Waals surface area contributed by atoms with Crippen LogP contribution < -0.4 is 5.32 Å². The van der Waals surface area contributed by atoms with E-state index in [1.54, 1.807) is 13.0 Å². The van der Waals surface area contributed by atoms with Gasteiger partial charge >= 0.3 is 6.18 Å². The van der Waals surface area contributed by atoms with Crippen LogP contribution in [0, 0.1) is 18.6 Å². The zero-order valence-electron chi connectivity index (χ0n) is 15.7. The van der Waals surface area contributed by atoms with Crippen molar-refractivity contribution in [2.75, 3.05) is 5.32 Å². The zero-order chi connectivity index (χ0) is 22.3. The van der Waals surface area contributed by atoms with Crippen LogP contribution in [-0.4, -0.2) is 25.4 Å². The van der Waals surface area contributed by atoms with Gasteiger partial charge in [0.15, 0.2) is 11.6 Å². The summed E-state index contributed by atoms with van der Waals surface area (Å²) in [5.41, 5.74) is 0.207. The molecule has 2 aromatic carbocycles. The molecule has 2 aromatic heterocycles. The van der Waals surface area contributed by atoms with Crippen LogP contribution in [0.2, 0.25) is 0 Å². The highest BCUT2D eigenvalue weighted by Gasteiger charge is 2.38. The molecule has 2 heterocycles. The number of fused-ring (bicyclic) bond motifs is 1. The molecule has 0 saturated carbocycles. The third kappa shape index (κ3) is 3.81. The van der Waals surface area contributed by atoms with E-state index in [0.717, 1.165) is 40.7 Å². The molecular weight excluding hydrogens is 421 g/mol. The van der Waals surface area contributed by atoms with E-state index in [1.165, 1.54) is 12.1 Å². The molecule has 0 unspecified atom stereocenters. The summed E-state index contributed by atoms with van der Waals surface area (Å²) < 4.78 is 68.8. The molecule has 0 aliphatic carbocycles. The van der Waals surface area contributed by atoms with Crippen LogP contribution >= 0.6 is 0 Å². The largest absolute Gasteiger partial charge is 0.450 e. The topological polar surface area (TPSA) is 72.7 Å². The predicted octanol–water partition coefficient (Wildman–Crippen LogP) is 4.67. The predicted molar refractivity (Wildman–Crippen MR) is 101 cm³/mol. The first-order chi connectivity index (χ1) is 14.6. The van der Waals surface area contributed by atoms with E-state index >= 15 is 0 Å². The van der Waals surface area contributed by atoms with Crippen LogP contribution in [0.1, 0.15) is 21.7 Å². The first-order valence-corrected chi connectivity index (χ1v) is 8.79. The first-order valence-electron chi connectivity index (χ1n) is 8.79. The normalized spacial score (nSPS) is 11.7. The number of alkyl halides is 3. The Labute approximate surface area is 171 Å². The number of aromatic nitrogens is 4. The van der Waals surface area contributed by atoms with E-state index in [0.29, 0.717) is 0 Å². The second-order valence-electron chi connectivity index (χ2n) is 6.57. The maximum Gasteiger partial charge on any atom is 0.450 e. The number of benzene rings is 2. The number of nitrogens with zero attached hydrogens (tertiary/aromatic N) is 4. The van der Waals surface area contributed by atoms with Crippen molar-refractivity contribution in [1.29, 1.82) is 0 Å². The van der Waals surface area contributed by atoms with E-state index in [-0.39, 0.29) is 22.7 Å². The van der Waals surface area contributed by atoms with Crippen LogP contribution in [0.25, 0.3) is 16.9 Å². The van der Waals surface area contributed by atoms with Gasteiger partial charge in [0.2, 0.25) is 5.82 Å². The van der Waals surface area contributed by atoms with Gasteiger partial charge in [-0.05, 0) is 36.8 Å². The number of carbonyl (C=O) groups excluding carboxylic acids is 1. The highest BCUT2D eigenvalue weighted by molar-refractivity contribution is 6.04. The summed E-state index contributed by atoms with van der Waals surface area (Å²) >= 11 is 0. The first kappa shape index (κ1) is 20.4. The Balaban J connectivity index is 1.70. The van der Waals surface area contributed by atoms with E-state index in [1.807, 2.05) is 0 Å². The van der Waals surface area contributed by atoms with Crippen molar-refractivity contribution < 1.29 is 26.7 Å². The average molecular weight is 433 g/mol. The lowest BCUT2D eigenvalue weighted by Gasteiger charge is -2.11. The molecule has 0 aliphatic rings. The molecule has 0 spiro atoms. The Morgan fingerprint density at radius 1 is 1.03 bits per heavy atom. The molecule has 0 fully saturated rings. The van der Waals surface area contributed by atoms with Crippen molar-refractivity contribution in [3.05, 3.63) is 77.4 Å². The van der Waals surface area contributed by atoms with Crippen molar-refractivity contribution in [3.63, 3.8) is 0 Å². The molecule has 0 atom stereocenters. The highest BCUT2D eigenvalue weighted by Crippen LogP contribution is 2.33. The van der Waals surface area contributed by atoms with Gasteiger partial charge in [0.25, 0.3) is 5.91 Å². The number of hydrogen-bond donors (Lipinski definition) is 1. The molecule has 0 radical (unpaired) electrons. The lowest BCUT2D eigenvalue weighted by molar-refractivity contribution is -0.145. The lowest BCUT2D eigenvalue weighted by Crippen LogP contribution is -2.18. The van der Waals surface area contributed by atoms with Crippen molar-refractivity contribution >= 4 is 22.8 Å². The SMILES string of the molecule is Cc1ccc2c(c1)nc(C(F)(F)F)n2-c1cnc(NC(=O)c2c(F)cccc2F)cn1. The van der Waals surface area contributed by atoms with Gasteiger partial charge in [-0.15, -0.1) is 0 Å². The number of halogens is 5. The summed E-state index contributed by atoms with van der Waals surface area (Å²) in [6.07, 6.45) is -2.79. The molecule has 0 bridgehead atoms. The molecule has 11 heteroatoms. The zero-order valence-corrected chi connectivity index (χ0v) is 15.7. The van der Waals surface area contributed by atoms with Crippen molar-refractivity contribution in [1.82, 2.24) is 19.5 Å². The van der Waals surface area contributed by atoms with Gasteiger partial charge in [0.05, 0.1) is 23.4 Å². The van der Waals surface area contributed by atoms with Crippen LogP contribution in [0.15, 0.2) is 48.8 Å². The van der Waals surface area contributed by atoms with Gasteiger partial charge in [-0.25, -0.2) is 23.7 Å². The molecule has 1 amide bonds. The molecule has 6 nitrogen and oxygen atoms in total. The standard InChI is InChI=1S/C20H12F5N5O/c1-10-5-6-14-13(7-10)28-19(20(23,24)25)30(14)16-9-26-15(8-27-16)29-18(31)17-11(21)3-2-4-12(17)22/h2-9H,1H3,(H,26,29,31). The van der Waals surface area contributed by atoms with Gasteiger partial charge in [-0.3, -0.25) is 9.36 Å². The Hall–Kier alpha value is -3.89. The molecule has 0 aliphatic heterocycles. The fourth-order valence-corrected chi connectivity index (χ4v) is 3.01. The molecule has 31 heavy (non-hydrogen) atoms. The van der Waals surface area contributed by atoms with Crippen molar-refractivity contribution in [2.24, 2.45) is 0 Å². The van der Waals surface area contributed by atoms with Crippen molar-refractivity contribution in [3.8, 4) is 5.82 Å². The maximum atomic E-state index is 13.7. The van der Waals surface area contributed by atoms with Gasteiger partial charge in [0.1, 0.15) is 17.2 Å². The quantitative estimate of drug-likeness (QED) is 0.477. The minimum atomic E-state index is -4.76. The Bertz CT molecular complexity index is 1280. The summed E-state index contributed by atoms with van der Waals surface area (Å²) in [5, 5.41) is 2.16. The summed E-state index contributed by atoms with van der Waals surface area (Å²) in [7, 11) is 0. The Kier molecular flexibility index (Phi) is 4.88. The van der Waals surface area contributed by atoms with E-state index in [2.05, 4.69) is 20.3 Å². The number of imidazole rings is 1. The fraction of sp³-hybridized carbons (Fsp3) is 0.100. The minimum Gasteiger partial charge on any atom is -0.305 e. The molecule has 0 saturated heterocycles. The summed E-state index contributed by atoms with van der Waals surface area (Å²) in [5.74, 6) is -4.85. The number of hydrogen-bond acceptors (Lipinski definition) is 4. The van der Waals surface area contributed by atoms with Crippen molar-refractivity contribution in [2.45, 2.75) is 13.1 Å². The number of amides is 1. The van der Waals surface area contributed by atoms with Crippen LogP contribution in [0.3, 0.4) is 0 Å². The molecule has 4 rings (SSSR count). The summed E-state index contributed by atoms with van der Waals surface area (Å²) in [4.78, 5) is 23.6. The van der Waals surface area contributed by atoms with Gasteiger partial charge in [-0.2, -0.15) is 13.2 Å². The monoisotopic (exact) mass is 433 g/mol. The third-order valence-electron chi connectivity index (χ3n) is 4.36. The number of anilines is 1. The molecule has 1 N–H and O–H groups in total. The number of rotatable bonds is 3. The van der Waals surface area contributed by atoms with Gasteiger partial charge in [-0.1, -0.05) is 12.1 Å². The second-order valence-corrected chi connectivity index (χ2v) is 6.57. The number of aryl methyl sites for hydroxylation is 1. The number of carbonyl (C=O) groups is 1. The van der Waals surface area contributed by atoms with Gasteiger partial charge < -0.3 is 5.32 Å². The summed E-state index contributed by atoms with van der Waals surface area (Å²) in [6, 6.07) is 7.54.